The number of allylic oxidation sites excluding steroid dienone is 1. The van der Waals surface area contributed by atoms with Crippen molar-refractivity contribution < 1.29 is 46.6 Å². The largest absolute Gasteiger partial charge is 0.371 e. The SMILES string of the molecule is CC(=O)/C=C/C1(c2ccc(F)cc2)OCc2c[c-]ccc21.[Y]. The summed E-state index contributed by atoms with van der Waals surface area (Å²) in [4.78, 5) is 11.3. The van der Waals surface area contributed by atoms with Gasteiger partial charge in [-0.15, -0.1) is 11.1 Å². The van der Waals surface area contributed by atoms with Crippen molar-refractivity contribution in [3.8, 4) is 0 Å². The zero-order valence-electron chi connectivity index (χ0n) is 12.2. The molecule has 0 aromatic heterocycles. The van der Waals surface area contributed by atoms with E-state index in [0.29, 0.717) is 6.61 Å². The fourth-order valence-corrected chi connectivity index (χ4v) is 2.62. The first-order valence-electron chi connectivity index (χ1n) is 6.71. The molecule has 0 bridgehead atoms. The predicted octanol–water partition coefficient (Wildman–Crippen LogP) is 3.54. The fourth-order valence-electron chi connectivity index (χ4n) is 2.62. The monoisotopic (exact) mass is 370 g/mol. The van der Waals surface area contributed by atoms with Gasteiger partial charge in [-0.2, -0.15) is 24.3 Å². The van der Waals surface area contributed by atoms with Gasteiger partial charge in [0.1, 0.15) is 11.4 Å². The van der Waals surface area contributed by atoms with Crippen LogP contribution in [0.1, 0.15) is 23.6 Å². The molecule has 1 aliphatic rings. The van der Waals surface area contributed by atoms with Crippen molar-refractivity contribution in [1.29, 1.82) is 0 Å². The maximum Gasteiger partial charge on any atom is 0.152 e. The number of fused-ring (bicyclic) bond motifs is 1. The second-order valence-electron chi connectivity index (χ2n) is 5.06. The minimum atomic E-state index is -0.843. The number of rotatable bonds is 3. The van der Waals surface area contributed by atoms with Crippen molar-refractivity contribution in [3.05, 3.63) is 83.2 Å². The molecule has 3 rings (SSSR count). The summed E-state index contributed by atoms with van der Waals surface area (Å²) in [6, 6.07) is 14.8. The average Bonchev–Trinajstić information content (AvgIpc) is 2.86. The fraction of sp³-hybridized carbons (Fsp3) is 0.167. The van der Waals surface area contributed by atoms with Gasteiger partial charge in [0.2, 0.25) is 0 Å². The molecule has 2 aromatic rings. The Labute approximate surface area is 154 Å². The van der Waals surface area contributed by atoms with Crippen LogP contribution >= 0.6 is 0 Å². The van der Waals surface area contributed by atoms with Gasteiger partial charge in [-0.25, -0.2) is 4.39 Å². The summed E-state index contributed by atoms with van der Waals surface area (Å²) in [7, 11) is 0. The van der Waals surface area contributed by atoms with Gasteiger partial charge in [0.25, 0.3) is 0 Å². The number of benzene rings is 2. The van der Waals surface area contributed by atoms with E-state index < -0.39 is 5.60 Å². The molecule has 22 heavy (non-hydrogen) atoms. The van der Waals surface area contributed by atoms with E-state index in [2.05, 4.69) is 6.07 Å². The van der Waals surface area contributed by atoms with Crippen molar-refractivity contribution >= 4 is 5.78 Å². The summed E-state index contributed by atoms with van der Waals surface area (Å²) in [6.07, 6.45) is 3.24. The maximum absolute atomic E-state index is 13.2. The standard InChI is InChI=1S/C18H14FO2.Y/c1-13(20)10-11-18(15-6-8-16(19)9-7-15)17-5-3-2-4-14(17)12-21-18;/h3-11H,12H2,1H3;/q-1;/b11-10+;. The van der Waals surface area contributed by atoms with Crippen molar-refractivity contribution in [2.24, 2.45) is 0 Å². The van der Waals surface area contributed by atoms with E-state index in [4.69, 9.17) is 4.74 Å². The molecule has 0 N–H and O–H groups in total. The van der Waals surface area contributed by atoms with Gasteiger partial charge in [-0.1, -0.05) is 12.1 Å². The van der Waals surface area contributed by atoms with Crippen molar-refractivity contribution in [2.45, 2.75) is 19.1 Å². The number of halogens is 1. The molecule has 109 valence electrons. The van der Waals surface area contributed by atoms with E-state index >= 15 is 0 Å². The molecule has 0 saturated carbocycles. The third kappa shape index (κ3) is 3.12. The van der Waals surface area contributed by atoms with Gasteiger partial charge in [0.15, 0.2) is 5.78 Å². The molecule has 0 spiro atoms. The van der Waals surface area contributed by atoms with E-state index in [9.17, 15) is 9.18 Å². The van der Waals surface area contributed by atoms with Gasteiger partial charge in [0.05, 0.1) is 0 Å². The number of ether oxygens (including phenoxy) is 1. The van der Waals surface area contributed by atoms with E-state index in [1.165, 1.54) is 25.1 Å². The summed E-state index contributed by atoms with van der Waals surface area (Å²) >= 11 is 0. The van der Waals surface area contributed by atoms with Crippen LogP contribution in [-0.2, 0) is 54.4 Å². The summed E-state index contributed by atoms with van der Waals surface area (Å²) < 4.78 is 19.2. The third-order valence-corrected chi connectivity index (χ3v) is 3.63. The van der Waals surface area contributed by atoms with E-state index in [1.807, 2.05) is 18.2 Å². The van der Waals surface area contributed by atoms with Crippen molar-refractivity contribution in [3.63, 3.8) is 0 Å². The zero-order valence-corrected chi connectivity index (χ0v) is 15.0. The molecule has 1 atom stereocenters. The van der Waals surface area contributed by atoms with E-state index in [0.717, 1.165) is 16.7 Å². The minimum absolute atomic E-state index is 0. The van der Waals surface area contributed by atoms with E-state index in [1.54, 1.807) is 18.2 Å². The summed E-state index contributed by atoms with van der Waals surface area (Å²) in [5.74, 6) is -0.361. The first-order valence-corrected chi connectivity index (χ1v) is 6.71. The molecule has 1 heterocycles. The second kappa shape index (κ2) is 6.95. The summed E-state index contributed by atoms with van der Waals surface area (Å²) in [6.45, 7) is 1.93. The Morgan fingerprint density at radius 2 is 2.05 bits per heavy atom. The van der Waals surface area contributed by atoms with Crippen LogP contribution in [-0.4, -0.2) is 5.78 Å². The number of hydrogen-bond acceptors (Lipinski definition) is 2. The Balaban J connectivity index is 0.00000176. The summed E-state index contributed by atoms with van der Waals surface area (Å²) in [5, 5.41) is 0. The van der Waals surface area contributed by atoms with Crippen LogP contribution in [0.3, 0.4) is 0 Å². The maximum atomic E-state index is 13.2. The normalized spacial score (nSPS) is 19.7. The first-order chi connectivity index (χ1) is 10.1. The van der Waals surface area contributed by atoms with Gasteiger partial charge in [0, 0.05) is 39.3 Å². The Morgan fingerprint density at radius 1 is 1.32 bits per heavy atom. The van der Waals surface area contributed by atoms with Gasteiger partial charge < -0.3 is 4.74 Å². The number of ketones is 1. The van der Waals surface area contributed by atoms with E-state index in [-0.39, 0.29) is 44.3 Å². The van der Waals surface area contributed by atoms with Crippen LogP contribution in [0.4, 0.5) is 4.39 Å². The van der Waals surface area contributed by atoms with Crippen LogP contribution in [0.2, 0.25) is 0 Å². The second-order valence-corrected chi connectivity index (χ2v) is 5.06. The third-order valence-electron chi connectivity index (χ3n) is 3.63. The smallest absolute Gasteiger partial charge is 0.152 e. The molecule has 0 aliphatic carbocycles. The van der Waals surface area contributed by atoms with Crippen molar-refractivity contribution in [2.75, 3.05) is 0 Å². The average molecular weight is 370 g/mol. The molecule has 4 heteroatoms. The predicted molar refractivity (Wildman–Crippen MR) is 77.1 cm³/mol. The Morgan fingerprint density at radius 3 is 2.73 bits per heavy atom. The van der Waals surface area contributed by atoms with Crippen molar-refractivity contribution in [1.82, 2.24) is 0 Å². The van der Waals surface area contributed by atoms with Crippen LogP contribution < -0.4 is 0 Å². The topological polar surface area (TPSA) is 26.3 Å². The molecule has 0 saturated heterocycles. The summed E-state index contributed by atoms with van der Waals surface area (Å²) in [5.41, 5.74) is 1.94. The molecule has 2 nitrogen and oxygen atoms in total. The molecule has 2 aromatic carbocycles. The molecule has 1 radical (unpaired) electrons. The molecule has 1 unspecified atom stereocenters. The van der Waals surface area contributed by atoms with Gasteiger partial charge in [-0.05, 0) is 36.8 Å². The van der Waals surface area contributed by atoms with Gasteiger partial charge >= 0.3 is 0 Å². The molecular weight excluding hydrogens is 356 g/mol. The minimum Gasteiger partial charge on any atom is -0.371 e. The number of carbonyl (C=O) groups is 1. The van der Waals surface area contributed by atoms with Crippen LogP contribution in [0, 0.1) is 11.9 Å². The zero-order chi connectivity index (χ0) is 14.9. The van der Waals surface area contributed by atoms with Crippen LogP contribution in [0.5, 0.6) is 0 Å². The molecule has 1 aliphatic heterocycles. The first kappa shape index (κ1) is 17.2. The van der Waals surface area contributed by atoms with Crippen LogP contribution in [0.15, 0.2) is 54.6 Å². The van der Waals surface area contributed by atoms with Gasteiger partial charge in [-0.3, -0.25) is 4.79 Å². The Hall–Kier alpha value is -1.16. The van der Waals surface area contributed by atoms with Crippen LogP contribution in [0.25, 0.3) is 0 Å². The Kier molecular flexibility index (Phi) is 5.43. The Bertz CT molecular complexity index is 709. The molecule has 0 amide bonds. The number of carbonyl (C=O) groups excluding carboxylic acids is 1. The quantitative estimate of drug-likeness (QED) is 0.610. The number of hydrogen-bond donors (Lipinski definition) is 0. The molecule has 0 fully saturated rings. The molecular formula is C18H14FO2Y-.